The van der Waals surface area contributed by atoms with Crippen LogP contribution >= 0.6 is 24.0 Å². The van der Waals surface area contributed by atoms with E-state index in [2.05, 4.69) is 40.7 Å². The Balaban J connectivity index is 0.00000363. The van der Waals surface area contributed by atoms with Crippen molar-refractivity contribution in [2.75, 3.05) is 39.2 Å². The molecule has 32 heavy (non-hydrogen) atoms. The molecule has 2 unspecified atom stereocenters. The van der Waals surface area contributed by atoms with E-state index < -0.39 is 10.8 Å². The summed E-state index contributed by atoms with van der Waals surface area (Å²) in [6, 6.07) is 16.2. The van der Waals surface area contributed by atoms with Crippen molar-refractivity contribution in [3.63, 3.8) is 0 Å². The normalized spacial score (nSPS) is 16.8. The predicted molar refractivity (Wildman–Crippen MR) is 142 cm³/mol. The molecule has 1 fully saturated rings. The van der Waals surface area contributed by atoms with Crippen LogP contribution in [0.4, 0.5) is 0 Å². The molecule has 2 atom stereocenters. The summed E-state index contributed by atoms with van der Waals surface area (Å²) in [6.07, 6.45) is 1.06. The average Bonchev–Trinajstić information content (AvgIpc) is 3.30. The molecule has 6 nitrogen and oxygen atoms in total. The van der Waals surface area contributed by atoms with Gasteiger partial charge < -0.3 is 20.1 Å². The van der Waals surface area contributed by atoms with Crippen LogP contribution in [-0.4, -0.2) is 49.3 Å². The van der Waals surface area contributed by atoms with Crippen LogP contribution in [0.3, 0.4) is 0 Å². The van der Waals surface area contributed by atoms with Gasteiger partial charge in [0.2, 0.25) is 0 Å². The number of halogens is 1. The molecule has 176 valence electrons. The first-order valence-electron chi connectivity index (χ1n) is 10.8. The lowest BCUT2D eigenvalue weighted by Crippen LogP contribution is -2.38. The largest absolute Gasteiger partial charge is 0.493 e. The Labute approximate surface area is 211 Å². The summed E-state index contributed by atoms with van der Waals surface area (Å²) in [5.41, 5.74) is 3.35. The molecule has 0 amide bonds. The van der Waals surface area contributed by atoms with E-state index in [1.807, 2.05) is 30.3 Å². The molecular formula is C24H34IN3O3S. The molecule has 0 bridgehead atoms. The fourth-order valence-corrected chi connectivity index (χ4v) is 4.42. The molecule has 1 aliphatic heterocycles. The van der Waals surface area contributed by atoms with E-state index in [0.717, 1.165) is 36.5 Å². The topological polar surface area (TPSA) is 72.0 Å². The van der Waals surface area contributed by atoms with Gasteiger partial charge in [0.15, 0.2) is 5.96 Å². The summed E-state index contributed by atoms with van der Waals surface area (Å²) < 4.78 is 23.9. The van der Waals surface area contributed by atoms with Gasteiger partial charge in [0, 0.05) is 60.5 Å². The zero-order valence-corrected chi connectivity index (χ0v) is 22.0. The van der Waals surface area contributed by atoms with E-state index in [0.29, 0.717) is 43.1 Å². The number of nitrogens with one attached hydrogen (secondary N) is 2. The Bertz CT molecular complexity index is 874. The van der Waals surface area contributed by atoms with Gasteiger partial charge in [0.1, 0.15) is 5.75 Å². The Morgan fingerprint density at radius 1 is 1.22 bits per heavy atom. The van der Waals surface area contributed by atoms with Crippen molar-refractivity contribution < 1.29 is 13.7 Å². The molecular weight excluding hydrogens is 537 g/mol. The van der Waals surface area contributed by atoms with Crippen molar-refractivity contribution in [2.45, 2.75) is 25.6 Å². The summed E-state index contributed by atoms with van der Waals surface area (Å²) in [7, 11) is 0.824. The van der Waals surface area contributed by atoms with Gasteiger partial charge in [0.05, 0.1) is 13.2 Å². The van der Waals surface area contributed by atoms with Crippen LogP contribution in [0.15, 0.2) is 53.5 Å². The molecule has 0 aromatic heterocycles. The van der Waals surface area contributed by atoms with Gasteiger partial charge in [-0.1, -0.05) is 42.5 Å². The smallest absolute Gasteiger partial charge is 0.191 e. The van der Waals surface area contributed by atoms with E-state index in [1.165, 1.54) is 5.56 Å². The lowest BCUT2D eigenvalue weighted by Gasteiger charge is -2.17. The third kappa shape index (κ3) is 9.07. The molecule has 0 radical (unpaired) electrons. The van der Waals surface area contributed by atoms with Gasteiger partial charge in [-0.3, -0.25) is 9.20 Å². The molecule has 3 rings (SSSR count). The molecule has 2 N–H and O–H groups in total. The minimum absolute atomic E-state index is 0. The Morgan fingerprint density at radius 3 is 2.75 bits per heavy atom. The minimum atomic E-state index is -0.915. The Kier molecular flexibility index (Phi) is 12.0. The highest BCUT2D eigenvalue weighted by Crippen LogP contribution is 2.22. The second-order valence-electron chi connectivity index (χ2n) is 7.78. The molecule has 2 aromatic carbocycles. The maximum Gasteiger partial charge on any atom is 0.191 e. The quantitative estimate of drug-likeness (QED) is 0.259. The van der Waals surface area contributed by atoms with Gasteiger partial charge in [-0.15, -0.1) is 24.0 Å². The highest BCUT2D eigenvalue weighted by Gasteiger charge is 2.17. The molecule has 1 heterocycles. The van der Waals surface area contributed by atoms with E-state index in [1.54, 1.807) is 7.05 Å². The van der Waals surface area contributed by atoms with Gasteiger partial charge in [-0.2, -0.15) is 0 Å². The first-order valence-corrected chi connectivity index (χ1v) is 12.3. The highest BCUT2D eigenvalue weighted by molar-refractivity contribution is 14.0. The summed E-state index contributed by atoms with van der Waals surface area (Å²) in [4.78, 5) is 4.28. The molecule has 0 saturated carbocycles. The van der Waals surface area contributed by atoms with Crippen LogP contribution in [0.1, 0.15) is 23.1 Å². The fraction of sp³-hybridized carbons (Fsp3) is 0.458. The maximum atomic E-state index is 12.3. The van der Waals surface area contributed by atoms with Crippen LogP contribution in [0.5, 0.6) is 5.75 Å². The number of benzene rings is 2. The molecule has 0 aliphatic carbocycles. The number of nitrogens with zero attached hydrogens (tertiary/aromatic N) is 1. The number of rotatable bonds is 10. The second-order valence-corrected chi connectivity index (χ2v) is 9.35. The Hall–Kier alpha value is -1.65. The molecule has 8 heteroatoms. The van der Waals surface area contributed by atoms with Crippen LogP contribution in [0.25, 0.3) is 0 Å². The van der Waals surface area contributed by atoms with Crippen molar-refractivity contribution in [2.24, 2.45) is 10.9 Å². The van der Waals surface area contributed by atoms with Crippen molar-refractivity contribution in [1.29, 1.82) is 0 Å². The van der Waals surface area contributed by atoms with Crippen molar-refractivity contribution in [3.8, 4) is 5.75 Å². The lowest BCUT2D eigenvalue weighted by atomic mass is 10.1. The number of hydrogen-bond donors (Lipinski definition) is 2. The molecule has 0 spiro atoms. The van der Waals surface area contributed by atoms with Crippen molar-refractivity contribution >= 4 is 40.7 Å². The monoisotopic (exact) mass is 571 g/mol. The van der Waals surface area contributed by atoms with Crippen LogP contribution in [-0.2, 0) is 27.8 Å². The zero-order valence-electron chi connectivity index (χ0n) is 18.8. The third-order valence-corrected chi connectivity index (χ3v) is 6.50. The minimum Gasteiger partial charge on any atom is -0.493 e. The summed E-state index contributed by atoms with van der Waals surface area (Å²) in [5, 5.41) is 6.58. The van der Waals surface area contributed by atoms with E-state index in [9.17, 15) is 4.21 Å². The lowest BCUT2D eigenvalue weighted by molar-refractivity contribution is 0.166. The van der Waals surface area contributed by atoms with Crippen molar-refractivity contribution in [3.05, 3.63) is 65.2 Å². The molecule has 1 saturated heterocycles. The SMILES string of the molecule is CN=C(NCCS(=O)Cc1ccccc1)NCc1ccc(C)cc1OCC1CCOC1.I. The third-order valence-electron chi connectivity index (χ3n) is 5.18. The predicted octanol–water partition coefficient (Wildman–Crippen LogP) is 3.64. The van der Waals surface area contributed by atoms with Gasteiger partial charge in [-0.05, 0) is 30.5 Å². The summed E-state index contributed by atoms with van der Waals surface area (Å²) >= 11 is 0. The van der Waals surface area contributed by atoms with Crippen LogP contribution < -0.4 is 15.4 Å². The van der Waals surface area contributed by atoms with E-state index in [4.69, 9.17) is 9.47 Å². The van der Waals surface area contributed by atoms with Crippen molar-refractivity contribution in [1.82, 2.24) is 10.6 Å². The molecule has 2 aromatic rings. The Morgan fingerprint density at radius 2 is 2.03 bits per heavy atom. The number of guanidine groups is 1. The maximum absolute atomic E-state index is 12.3. The molecule has 1 aliphatic rings. The summed E-state index contributed by atoms with van der Waals surface area (Å²) in [5.74, 6) is 3.20. The second kappa shape index (κ2) is 14.5. The standard InChI is InChI=1S/C24H33N3O3S.HI/c1-19-8-9-22(23(14-19)30-17-21-10-12-29-16-21)15-27-24(25-2)26-11-13-31(28)18-20-6-4-3-5-7-20;/h3-9,14,21H,10-13,15-18H2,1-2H3,(H2,25,26,27);1H. The fourth-order valence-electron chi connectivity index (χ4n) is 3.38. The van der Waals surface area contributed by atoms with Gasteiger partial charge in [0.25, 0.3) is 0 Å². The van der Waals surface area contributed by atoms with Crippen LogP contribution in [0.2, 0.25) is 0 Å². The number of aliphatic imine (C=N–C) groups is 1. The zero-order chi connectivity index (χ0) is 21.9. The van der Waals surface area contributed by atoms with Crippen LogP contribution in [0, 0.1) is 12.8 Å². The number of hydrogen-bond acceptors (Lipinski definition) is 4. The summed E-state index contributed by atoms with van der Waals surface area (Å²) in [6.45, 7) is 5.55. The first-order chi connectivity index (χ1) is 15.1. The van der Waals surface area contributed by atoms with Gasteiger partial charge in [-0.25, -0.2) is 0 Å². The number of aryl methyl sites for hydroxylation is 1. The first kappa shape index (κ1) is 26.6. The van der Waals surface area contributed by atoms with E-state index in [-0.39, 0.29) is 24.0 Å². The van der Waals surface area contributed by atoms with Gasteiger partial charge >= 0.3 is 0 Å². The highest BCUT2D eigenvalue weighted by atomic mass is 127. The number of ether oxygens (including phenoxy) is 2. The average molecular weight is 572 g/mol. The van der Waals surface area contributed by atoms with E-state index >= 15 is 0 Å².